The predicted octanol–water partition coefficient (Wildman–Crippen LogP) is 3.11. The molecule has 0 fully saturated rings. The lowest BCUT2D eigenvalue weighted by Gasteiger charge is -2.16. The number of thiazole rings is 1. The third kappa shape index (κ3) is 4.15. The zero-order valence-corrected chi connectivity index (χ0v) is 14.0. The van der Waals surface area contributed by atoms with E-state index in [9.17, 15) is 9.90 Å². The second-order valence-electron chi connectivity index (χ2n) is 5.74. The molecule has 0 aliphatic heterocycles. The van der Waals surface area contributed by atoms with Crippen molar-refractivity contribution in [2.75, 3.05) is 6.61 Å². The third-order valence-electron chi connectivity index (χ3n) is 3.32. The van der Waals surface area contributed by atoms with Crippen LogP contribution in [-0.2, 0) is 6.42 Å². The molecule has 2 rings (SSSR count). The molecule has 1 atom stereocenters. The van der Waals surface area contributed by atoms with Crippen LogP contribution in [0.2, 0.25) is 0 Å². The summed E-state index contributed by atoms with van der Waals surface area (Å²) in [5.74, 6) is 0.337. The van der Waals surface area contributed by atoms with Gasteiger partial charge in [0.15, 0.2) is 0 Å². The van der Waals surface area contributed by atoms with Gasteiger partial charge in [-0.2, -0.15) is 0 Å². The Labute approximate surface area is 135 Å². The normalized spacial score (nSPS) is 12.4. The lowest BCUT2D eigenvalue weighted by atomic mass is 10.1. The van der Waals surface area contributed by atoms with Crippen molar-refractivity contribution < 1.29 is 9.90 Å². The highest BCUT2D eigenvalue weighted by molar-refractivity contribution is 7.13. The van der Waals surface area contributed by atoms with E-state index in [0.29, 0.717) is 10.8 Å². The fraction of sp³-hybridized carbons (Fsp3) is 0.412. The van der Waals surface area contributed by atoms with Crippen molar-refractivity contribution in [3.05, 3.63) is 51.5 Å². The fourth-order valence-electron chi connectivity index (χ4n) is 2.24. The van der Waals surface area contributed by atoms with Crippen molar-refractivity contribution in [2.45, 2.75) is 33.2 Å². The first kappa shape index (κ1) is 16.6. The van der Waals surface area contributed by atoms with Gasteiger partial charge in [0, 0.05) is 6.42 Å². The van der Waals surface area contributed by atoms with Crippen LogP contribution in [0.5, 0.6) is 0 Å². The maximum absolute atomic E-state index is 12.5. The molecular formula is C17H22N2O2S. The molecule has 0 saturated heterocycles. The molecule has 118 valence electrons. The van der Waals surface area contributed by atoms with Gasteiger partial charge in [0.1, 0.15) is 4.88 Å². The predicted molar refractivity (Wildman–Crippen MR) is 89.1 cm³/mol. The number of nitrogens with zero attached hydrogens (tertiary/aromatic N) is 1. The second-order valence-corrected chi connectivity index (χ2v) is 6.82. The Kier molecular flexibility index (Phi) is 5.69. The van der Waals surface area contributed by atoms with E-state index >= 15 is 0 Å². The summed E-state index contributed by atoms with van der Waals surface area (Å²) in [6.45, 7) is 5.99. The highest BCUT2D eigenvalue weighted by Crippen LogP contribution is 2.22. The van der Waals surface area contributed by atoms with Crippen molar-refractivity contribution in [1.29, 1.82) is 0 Å². The van der Waals surface area contributed by atoms with Gasteiger partial charge >= 0.3 is 0 Å². The van der Waals surface area contributed by atoms with E-state index in [1.807, 2.05) is 37.3 Å². The maximum atomic E-state index is 12.5. The van der Waals surface area contributed by atoms with E-state index in [-0.39, 0.29) is 12.5 Å². The number of carbonyl (C=O) groups excluding carboxylic acids is 1. The van der Waals surface area contributed by atoms with Crippen molar-refractivity contribution in [3.8, 4) is 0 Å². The van der Waals surface area contributed by atoms with E-state index in [2.05, 4.69) is 24.1 Å². The summed E-state index contributed by atoms with van der Waals surface area (Å²) in [6.07, 6.45) is 0.876. The van der Waals surface area contributed by atoms with Crippen molar-refractivity contribution in [1.82, 2.24) is 10.3 Å². The van der Waals surface area contributed by atoms with Gasteiger partial charge in [0.25, 0.3) is 5.91 Å². The van der Waals surface area contributed by atoms with Crippen LogP contribution in [0.15, 0.2) is 30.3 Å². The summed E-state index contributed by atoms with van der Waals surface area (Å²) in [5, 5.41) is 13.4. The molecule has 4 nitrogen and oxygen atoms in total. The molecule has 1 unspecified atom stereocenters. The number of benzene rings is 1. The van der Waals surface area contributed by atoms with E-state index < -0.39 is 6.04 Å². The molecule has 0 radical (unpaired) electrons. The molecule has 1 heterocycles. The summed E-state index contributed by atoms with van der Waals surface area (Å²) in [7, 11) is 0. The van der Waals surface area contributed by atoms with Crippen LogP contribution >= 0.6 is 11.3 Å². The van der Waals surface area contributed by atoms with Crippen molar-refractivity contribution >= 4 is 17.2 Å². The Morgan fingerprint density at radius 1 is 1.32 bits per heavy atom. The number of aryl methyl sites for hydroxylation is 1. The minimum absolute atomic E-state index is 0.132. The molecule has 5 heteroatoms. The molecule has 0 bridgehead atoms. The highest BCUT2D eigenvalue weighted by atomic mass is 32.1. The van der Waals surface area contributed by atoms with Crippen LogP contribution in [0, 0.1) is 12.8 Å². The molecular weight excluding hydrogens is 296 g/mol. The monoisotopic (exact) mass is 318 g/mol. The molecule has 1 aromatic heterocycles. The number of aromatic nitrogens is 1. The maximum Gasteiger partial charge on any atom is 0.263 e. The largest absolute Gasteiger partial charge is 0.394 e. The van der Waals surface area contributed by atoms with E-state index in [1.165, 1.54) is 11.3 Å². The average molecular weight is 318 g/mol. The standard InChI is InChI=1S/C17H22N2O2S/c1-11(2)9-15-18-12(3)16(22-15)17(21)19-14(10-20)13-7-5-4-6-8-13/h4-8,11,14,20H,9-10H2,1-3H3,(H,19,21). The first-order valence-electron chi connectivity index (χ1n) is 7.44. The van der Waals surface area contributed by atoms with Crippen LogP contribution in [0.4, 0.5) is 0 Å². The van der Waals surface area contributed by atoms with Crippen LogP contribution in [0.1, 0.15) is 45.8 Å². The highest BCUT2D eigenvalue weighted by Gasteiger charge is 2.19. The van der Waals surface area contributed by atoms with Crippen molar-refractivity contribution in [2.24, 2.45) is 5.92 Å². The van der Waals surface area contributed by atoms with E-state index in [1.54, 1.807) is 0 Å². The summed E-state index contributed by atoms with van der Waals surface area (Å²) in [5.41, 5.74) is 1.64. The van der Waals surface area contributed by atoms with Gasteiger partial charge < -0.3 is 10.4 Å². The number of hydrogen-bond acceptors (Lipinski definition) is 4. The van der Waals surface area contributed by atoms with Gasteiger partial charge in [-0.05, 0) is 18.4 Å². The number of aliphatic hydroxyl groups is 1. The third-order valence-corrected chi connectivity index (χ3v) is 4.50. The lowest BCUT2D eigenvalue weighted by molar-refractivity contribution is 0.0919. The van der Waals surface area contributed by atoms with Gasteiger partial charge in [0.05, 0.1) is 23.4 Å². The smallest absolute Gasteiger partial charge is 0.263 e. The Morgan fingerprint density at radius 3 is 2.59 bits per heavy atom. The molecule has 2 aromatic rings. The Hall–Kier alpha value is -1.72. The van der Waals surface area contributed by atoms with Crippen LogP contribution < -0.4 is 5.32 Å². The Morgan fingerprint density at radius 2 is 2.00 bits per heavy atom. The van der Waals surface area contributed by atoms with Gasteiger partial charge in [0.2, 0.25) is 0 Å². The van der Waals surface area contributed by atoms with Crippen LogP contribution in [-0.4, -0.2) is 22.6 Å². The molecule has 1 aromatic carbocycles. The molecule has 1 amide bonds. The Balaban J connectivity index is 2.12. The van der Waals surface area contributed by atoms with Crippen LogP contribution in [0.25, 0.3) is 0 Å². The van der Waals surface area contributed by atoms with Gasteiger partial charge in [-0.15, -0.1) is 11.3 Å². The molecule has 2 N–H and O–H groups in total. The average Bonchev–Trinajstić information content (AvgIpc) is 2.85. The quantitative estimate of drug-likeness (QED) is 0.860. The van der Waals surface area contributed by atoms with Gasteiger partial charge in [-0.1, -0.05) is 44.2 Å². The number of hydrogen-bond donors (Lipinski definition) is 2. The second kappa shape index (κ2) is 7.51. The molecule has 22 heavy (non-hydrogen) atoms. The summed E-state index contributed by atoms with van der Waals surface area (Å²) < 4.78 is 0. The lowest BCUT2D eigenvalue weighted by Crippen LogP contribution is -2.30. The first-order valence-corrected chi connectivity index (χ1v) is 8.26. The molecule has 0 saturated carbocycles. The topological polar surface area (TPSA) is 62.2 Å². The van der Waals surface area contributed by atoms with Gasteiger partial charge in [-0.25, -0.2) is 4.98 Å². The van der Waals surface area contributed by atoms with Gasteiger partial charge in [-0.3, -0.25) is 4.79 Å². The number of nitrogens with one attached hydrogen (secondary N) is 1. The minimum atomic E-state index is -0.399. The summed E-state index contributed by atoms with van der Waals surface area (Å²) in [6, 6.07) is 9.08. The zero-order chi connectivity index (χ0) is 16.1. The SMILES string of the molecule is Cc1nc(CC(C)C)sc1C(=O)NC(CO)c1ccccc1. The number of amides is 1. The van der Waals surface area contributed by atoms with E-state index in [4.69, 9.17) is 0 Å². The number of aliphatic hydroxyl groups excluding tert-OH is 1. The fourth-order valence-corrected chi connectivity index (χ4v) is 3.42. The minimum Gasteiger partial charge on any atom is -0.394 e. The van der Waals surface area contributed by atoms with Crippen LogP contribution in [0.3, 0.4) is 0 Å². The summed E-state index contributed by atoms with van der Waals surface area (Å²) in [4.78, 5) is 17.6. The molecule has 0 aliphatic rings. The first-order chi connectivity index (χ1) is 10.5. The zero-order valence-electron chi connectivity index (χ0n) is 13.2. The van der Waals surface area contributed by atoms with Crippen molar-refractivity contribution in [3.63, 3.8) is 0 Å². The molecule has 0 aliphatic carbocycles. The summed E-state index contributed by atoms with van der Waals surface area (Å²) >= 11 is 1.44. The van der Waals surface area contributed by atoms with E-state index in [0.717, 1.165) is 22.7 Å². The number of rotatable bonds is 6. The Bertz CT molecular complexity index is 623. The number of carbonyl (C=O) groups is 1. The molecule has 0 spiro atoms.